The molecule has 1 heterocycles. The number of hydrogen-bond donors (Lipinski definition) is 1. The lowest BCUT2D eigenvalue weighted by molar-refractivity contribution is -0.132. The number of likely N-dealkylation sites (tertiary alicyclic amines) is 1. The van der Waals surface area contributed by atoms with Gasteiger partial charge in [0.05, 0.1) is 26.1 Å². The number of rotatable bonds is 6. The lowest BCUT2D eigenvalue weighted by Gasteiger charge is -2.32. The third-order valence-electron chi connectivity index (χ3n) is 6.39. The van der Waals surface area contributed by atoms with E-state index in [2.05, 4.69) is 6.92 Å². The number of Topliss-reactive ketones (excluding diaryl/α,β-unsaturated/α-hetero) is 1. The molecular weight excluding hydrogens is 562 g/mol. The van der Waals surface area contributed by atoms with E-state index in [-0.39, 0.29) is 24.8 Å². The fourth-order valence-electron chi connectivity index (χ4n) is 4.29. The van der Waals surface area contributed by atoms with E-state index >= 15 is 0 Å². The first-order chi connectivity index (χ1) is 18.1. The summed E-state index contributed by atoms with van der Waals surface area (Å²) >= 11 is 24.5. The summed E-state index contributed by atoms with van der Waals surface area (Å²) in [6, 6.07) is 17.5. The summed E-state index contributed by atoms with van der Waals surface area (Å²) in [4.78, 5) is 28.6. The van der Waals surface area contributed by atoms with Gasteiger partial charge in [0.2, 0.25) is 5.91 Å². The largest absolute Gasteiger partial charge is 0.332 e. The first kappa shape index (κ1) is 28.4. The van der Waals surface area contributed by atoms with E-state index in [9.17, 15) is 9.59 Å². The summed E-state index contributed by atoms with van der Waals surface area (Å²) < 4.78 is 0. The van der Waals surface area contributed by atoms with Crippen LogP contribution in [-0.4, -0.2) is 35.7 Å². The van der Waals surface area contributed by atoms with Gasteiger partial charge in [0.15, 0.2) is 5.78 Å². The molecule has 1 amide bonds. The number of amides is 1. The minimum atomic E-state index is -0.756. The fraction of sp³-hybridized carbons (Fsp3) is 0.200. The third-order valence-corrected chi connectivity index (χ3v) is 7.87. The van der Waals surface area contributed by atoms with Crippen molar-refractivity contribution in [2.24, 2.45) is 5.73 Å². The average molecular weight is 588 g/mol. The lowest BCUT2D eigenvalue weighted by Crippen LogP contribution is -2.49. The summed E-state index contributed by atoms with van der Waals surface area (Å²) in [5, 5.41) is 1.58. The fourth-order valence-corrected chi connectivity index (χ4v) is 4.90. The van der Waals surface area contributed by atoms with E-state index in [1.165, 1.54) is 5.56 Å². The Kier molecular flexibility index (Phi) is 9.35. The van der Waals surface area contributed by atoms with Crippen LogP contribution in [-0.2, 0) is 22.4 Å². The summed E-state index contributed by atoms with van der Waals surface area (Å²) in [6.07, 6.45) is 4.78. The Balaban J connectivity index is 1.65. The molecule has 1 atom stereocenters. The molecule has 1 unspecified atom stereocenters. The zero-order chi connectivity index (χ0) is 27.4. The van der Waals surface area contributed by atoms with Gasteiger partial charge in [0.25, 0.3) is 0 Å². The van der Waals surface area contributed by atoms with E-state index in [1.54, 1.807) is 53.5 Å². The molecule has 38 heavy (non-hydrogen) atoms. The number of benzene rings is 3. The number of nitrogens with zero attached hydrogens (tertiary/aromatic N) is 1. The molecule has 1 saturated heterocycles. The number of carbonyl (C=O) groups excluding carboxylic acids is 2. The van der Waals surface area contributed by atoms with Gasteiger partial charge in [-0.2, -0.15) is 0 Å². The van der Waals surface area contributed by atoms with Gasteiger partial charge < -0.3 is 10.6 Å². The van der Waals surface area contributed by atoms with E-state index in [0.29, 0.717) is 48.8 Å². The van der Waals surface area contributed by atoms with Crippen LogP contribution in [0, 0.1) is 0 Å². The van der Waals surface area contributed by atoms with Crippen LogP contribution in [0.15, 0.2) is 71.8 Å². The predicted molar refractivity (Wildman–Crippen MR) is 158 cm³/mol. The van der Waals surface area contributed by atoms with E-state index in [4.69, 9.17) is 52.1 Å². The van der Waals surface area contributed by atoms with Gasteiger partial charge in [-0.25, -0.2) is 0 Å². The second-order valence-electron chi connectivity index (χ2n) is 9.19. The second kappa shape index (κ2) is 12.5. The maximum atomic E-state index is 13.5. The first-order valence-electron chi connectivity index (χ1n) is 12.1. The highest BCUT2D eigenvalue weighted by molar-refractivity contribution is 6.42. The summed E-state index contributed by atoms with van der Waals surface area (Å²) in [7, 11) is 0. The molecule has 0 aliphatic carbocycles. The highest BCUT2D eigenvalue weighted by Crippen LogP contribution is 2.28. The van der Waals surface area contributed by atoms with Crippen molar-refractivity contribution in [2.45, 2.75) is 25.8 Å². The van der Waals surface area contributed by atoms with Gasteiger partial charge in [-0.05, 0) is 71.5 Å². The number of ketones is 1. The molecule has 2 N–H and O–H groups in total. The SMILES string of the molecule is CCc1ccc(CC(N)C(=O)N2C/C(=C\c3ccc(Cl)c(Cl)c3)C(=O)/C(=C/c3ccc(Cl)c(Cl)c3)C2)cc1. The smallest absolute Gasteiger partial charge is 0.240 e. The van der Waals surface area contributed by atoms with Gasteiger partial charge in [0, 0.05) is 24.2 Å². The molecule has 1 fully saturated rings. The Bertz CT molecular complexity index is 1360. The van der Waals surface area contributed by atoms with Crippen molar-refractivity contribution < 1.29 is 9.59 Å². The Morgan fingerprint density at radius 2 is 1.29 bits per heavy atom. The molecule has 1 aliphatic rings. The van der Waals surface area contributed by atoms with Crippen LogP contribution in [0.1, 0.15) is 29.2 Å². The van der Waals surface area contributed by atoms with Crippen LogP contribution < -0.4 is 5.73 Å². The Morgan fingerprint density at radius 1 is 0.816 bits per heavy atom. The minimum Gasteiger partial charge on any atom is -0.332 e. The van der Waals surface area contributed by atoms with Crippen LogP contribution >= 0.6 is 46.4 Å². The van der Waals surface area contributed by atoms with Crippen LogP contribution in [0.4, 0.5) is 0 Å². The van der Waals surface area contributed by atoms with Crippen LogP contribution in [0.2, 0.25) is 20.1 Å². The highest BCUT2D eigenvalue weighted by Gasteiger charge is 2.31. The summed E-state index contributed by atoms with van der Waals surface area (Å²) in [6.45, 7) is 2.34. The number of carbonyl (C=O) groups is 2. The quantitative estimate of drug-likeness (QED) is 0.307. The molecule has 4 nitrogen and oxygen atoms in total. The summed E-state index contributed by atoms with van der Waals surface area (Å²) in [5.74, 6) is -0.410. The molecule has 4 rings (SSSR count). The molecular formula is C30H26Cl4N2O2. The van der Waals surface area contributed by atoms with Gasteiger partial charge in [-0.1, -0.05) is 89.7 Å². The molecule has 0 spiro atoms. The number of hydrogen-bond acceptors (Lipinski definition) is 3. The third kappa shape index (κ3) is 6.88. The molecule has 3 aromatic rings. The average Bonchev–Trinajstić information content (AvgIpc) is 2.90. The van der Waals surface area contributed by atoms with Crippen LogP contribution in [0.3, 0.4) is 0 Å². The second-order valence-corrected chi connectivity index (χ2v) is 10.8. The zero-order valence-electron chi connectivity index (χ0n) is 20.7. The van der Waals surface area contributed by atoms with Crippen molar-refractivity contribution in [3.8, 4) is 0 Å². The van der Waals surface area contributed by atoms with Crippen LogP contribution in [0.25, 0.3) is 12.2 Å². The van der Waals surface area contributed by atoms with E-state index in [1.807, 2.05) is 24.3 Å². The summed E-state index contributed by atoms with van der Waals surface area (Å²) in [5.41, 5.74) is 10.9. The van der Waals surface area contributed by atoms with Crippen molar-refractivity contribution in [3.63, 3.8) is 0 Å². The topological polar surface area (TPSA) is 63.4 Å². The molecule has 8 heteroatoms. The van der Waals surface area contributed by atoms with Crippen molar-refractivity contribution in [2.75, 3.05) is 13.1 Å². The first-order valence-corrected chi connectivity index (χ1v) is 13.6. The molecule has 0 radical (unpaired) electrons. The number of piperidine rings is 1. The zero-order valence-corrected chi connectivity index (χ0v) is 23.7. The highest BCUT2D eigenvalue weighted by atomic mass is 35.5. The lowest BCUT2D eigenvalue weighted by atomic mass is 9.93. The van der Waals surface area contributed by atoms with Crippen molar-refractivity contribution in [3.05, 3.63) is 114 Å². The monoisotopic (exact) mass is 586 g/mol. The Morgan fingerprint density at radius 3 is 1.74 bits per heavy atom. The molecule has 0 aromatic heterocycles. The standard InChI is InChI=1S/C30H26Cl4N2O2/c1-2-18-3-5-19(6-4-18)15-28(35)30(38)36-16-22(11-20-7-9-24(31)26(33)13-20)29(37)23(17-36)12-21-8-10-25(32)27(34)14-21/h3-14,28H,2,15-17,35H2,1H3/b22-11+,23-12+. The van der Waals surface area contributed by atoms with Crippen molar-refractivity contribution in [1.29, 1.82) is 0 Å². The van der Waals surface area contributed by atoms with Crippen molar-refractivity contribution in [1.82, 2.24) is 4.90 Å². The number of aryl methyl sites for hydroxylation is 1. The molecule has 1 aliphatic heterocycles. The molecule has 0 saturated carbocycles. The maximum absolute atomic E-state index is 13.5. The predicted octanol–water partition coefficient (Wildman–Crippen LogP) is 7.31. The maximum Gasteiger partial charge on any atom is 0.240 e. The van der Waals surface area contributed by atoms with Gasteiger partial charge in [-0.3, -0.25) is 9.59 Å². The van der Waals surface area contributed by atoms with Gasteiger partial charge in [-0.15, -0.1) is 0 Å². The van der Waals surface area contributed by atoms with Gasteiger partial charge in [0.1, 0.15) is 0 Å². The Labute approximate surface area is 242 Å². The minimum absolute atomic E-state index is 0.124. The normalized spacial score (nSPS) is 16.8. The van der Waals surface area contributed by atoms with E-state index < -0.39 is 6.04 Å². The molecule has 0 bridgehead atoms. The van der Waals surface area contributed by atoms with Crippen molar-refractivity contribution >= 4 is 70.2 Å². The molecule has 3 aromatic carbocycles. The number of nitrogens with two attached hydrogens (primary N) is 1. The number of halogens is 4. The molecule has 196 valence electrons. The Hall–Kier alpha value is -2.60. The van der Waals surface area contributed by atoms with Crippen LogP contribution in [0.5, 0.6) is 0 Å². The van der Waals surface area contributed by atoms with Gasteiger partial charge >= 0.3 is 0 Å². The van der Waals surface area contributed by atoms with E-state index in [0.717, 1.165) is 12.0 Å².